The molecule has 112 valence electrons. The van der Waals surface area contributed by atoms with Gasteiger partial charge in [-0.05, 0) is 38.3 Å². The molecule has 6 nitrogen and oxygen atoms in total. The number of carbonyl (C=O) groups excluding carboxylic acids is 1. The number of nitrogens with two attached hydrogens (primary N) is 1. The van der Waals surface area contributed by atoms with Gasteiger partial charge in [-0.1, -0.05) is 6.42 Å². The Hall–Kier alpha value is -1.95. The van der Waals surface area contributed by atoms with E-state index in [1.54, 1.807) is 10.9 Å². The molecule has 6 heteroatoms. The van der Waals surface area contributed by atoms with Gasteiger partial charge >= 0.3 is 0 Å². The number of aromatic nitrogens is 3. The summed E-state index contributed by atoms with van der Waals surface area (Å²) in [6.07, 6.45) is 4.75. The van der Waals surface area contributed by atoms with E-state index in [0.29, 0.717) is 12.5 Å². The molecule has 3 N–H and O–H groups in total. The molecule has 1 aliphatic rings. The maximum absolute atomic E-state index is 12.4. The molecule has 1 amide bonds. The van der Waals surface area contributed by atoms with Crippen LogP contribution in [0.2, 0.25) is 0 Å². The number of fused-ring (bicyclic) bond motifs is 1. The van der Waals surface area contributed by atoms with Crippen molar-refractivity contribution in [3.8, 4) is 0 Å². The summed E-state index contributed by atoms with van der Waals surface area (Å²) < 4.78 is 1.75. The molecule has 1 saturated carbocycles. The lowest BCUT2D eigenvalue weighted by Crippen LogP contribution is -2.29. The van der Waals surface area contributed by atoms with Gasteiger partial charge in [-0.3, -0.25) is 9.48 Å². The highest BCUT2D eigenvalue weighted by molar-refractivity contribution is 5.94. The molecule has 0 saturated heterocycles. The maximum Gasteiger partial charge on any atom is 0.227 e. The van der Waals surface area contributed by atoms with Crippen molar-refractivity contribution in [2.45, 2.75) is 26.2 Å². The number of amides is 1. The molecule has 1 aliphatic carbocycles. The van der Waals surface area contributed by atoms with E-state index in [0.717, 1.165) is 41.7 Å². The number of nitrogens with zero attached hydrogens (tertiary/aromatic N) is 3. The fourth-order valence-electron chi connectivity index (χ4n) is 3.28. The van der Waals surface area contributed by atoms with Crippen molar-refractivity contribution in [1.29, 1.82) is 0 Å². The van der Waals surface area contributed by atoms with E-state index in [1.165, 1.54) is 0 Å². The molecule has 0 spiro atoms. The van der Waals surface area contributed by atoms with E-state index >= 15 is 0 Å². The van der Waals surface area contributed by atoms with Crippen molar-refractivity contribution in [2.24, 2.45) is 24.6 Å². The lowest BCUT2D eigenvalue weighted by molar-refractivity contribution is -0.120. The van der Waals surface area contributed by atoms with Crippen molar-refractivity contribution in [2.75, 3.05) is 11.9 Å². The average molecular weight is 287 g/mol. The standard InChI is InChI=1S/C15H21N5O/c1-9-13-6-11(8-17-14(13)20(2)19-9)18-15(21)12-5-3-4-10(12)7-16/h6,8,10,12H,3-5,7,16H2,1-2H3,(H,18,21). The van der Waals surface area contributed by atoms with Crippen LogP contribution in [0.3, 0.4) is 0 Å². The van der Waals surface area contributed by atoms with Crippen LogP contribution in [0.25, 0.3) is 11.0 Å². The summed E-state index contributed by atoms with van der Waals surface area (Å²) in [4.78, 5) is 16.8. The molecule has 2 aromatic rings. The molecule has 0 radical (unpaired) electrons. The van der Waals surface area contributed by atoms with Gasteiger partial charge in [0.2, 0.25) is 5.91 Å². The van der Waals surface area contributed by atoms with E-state index in [4.69, 9.17) is 5.73 Å². The first-order chi connectivity index (χ1) is 10.1. The van der Waals surface area contributed by atoms with Gasteiger partial charge in [0.05, 0.1) is 17.6 Å². The highest BCUT2D eigenvalue weighted by atomic mass is 16.1. The number of rotatable bonds is 3. The summed E-state index contributed by atoms with van der Waals surface area (Å²) >= 11 is 0. The van der Waals surface area contributed by atoms with Crippen LogP contribution in [-0.2, 0) is 11.8 Å². The third kappa shape index (κ3) is 2.51. The van der Waals surface area contributed by atoms with E-state index in [1.807, 2.05) is 20.0 Å². The van der Waals surface area contributed by atoms with Crippen molar-refractivity contribution < 1.29 is 4.79 Å². The molecule has 21 heavy (non-hydrogen) atoms. The van der Waals surface area contributed by atoms with Gasteiger partial charge in [-0.25, -0.2) is 4.98 Å². The third-order valence-electron chi connectivity index (χ3n) is 4.43. The van der Waals surface area contributed by atoms with Crippen molar-refractivity contribution >= 4 is 22.6 Å². The first-order valence-corrected chi connectivity index (χ1v) is 7.40. The van der Waals surface area contributed by atoms with Crippen molar-refractivity contribution in [3.63, 3.8) is 0 Å². The summed E-state index contributed by atoms with van der Waals surface area (Å²) in [5.41, 5.74) is 8.22. The number of hydrogen-bond acceptors (Lipinski definition) is 4. The fraction of sp³-hybridized carbons (Fsp3) is 0.533. The van der Waals surface area contributed by atoms with E-state index in [2.05, 4.69) is 15.4 Å². The van der Waals surface area contributed by atoms with Gasteiger partial charge in [-0.15, -0.1) is 0 Å². The number of carbonyl (C=O) groups is 1. The molecule has 0 aromatic carbocycles. The zero-order valence-electron chi connectivity index (χ0n) is 12.5. The largest absolute Gasteiger partial charge is 0.330 e. The number of pyridine rings is 1. The predicted molar refractivity (Wildman–Crippen MR) is 81.8 cm³/mol. The van der Waals surface area contributed by atoms with Crippen LogP contribution in [0, 0.1) is 18.8 Å². The predicted octanol–water partition coefficient (Wildman–Crippen LogP) is 1.59. The van der Waals surface area contributed by atoms with Crippen LogP contribution in [0.5, 0.6) is 0 Å². The molecular weight excluding hydrogens is 266 g/mol. The lowest BCUT2D eigenvalue weighted by Gasteiger charge is -2.17. The Bertz CT molecular complexity index is 678. The van der Waals surface area contributed by atoms with E-state index in [-0.39, 0.29) is 11.8 Å². The molecule has 2 heterocycles. The quantitative estimate of drug-likeness (QED) is 0.897. The Balaban J connectivity index is 1.81. The SMILES string of the molecule is Cc1nn(C)c2ncc(NC(=O)C3CCCC3CN)cc12. The summed E-state index contributed by atoms with van der Waals surface area (Å²) in [7, 11) is 1.87. The fourth-order valence-corrected chi connectivity index (χ4v) is 3.28. The van der Waals surface area contributed by atoms with Gasteiger partial charge in [0, 0.05) is 18.4 Å². The molecule has 0 bridgehead atoms. The zero-order valence-corrected chi connectivity index (χ0v) is 12.5. The molecular formula is C15H21N5O. The number of nitrogens with one attached hydrogen (secondary N) is 1. The van der Waals surface area contributed by atoms with E-state index in [9.17, 15) is 4.79 Å². The van der Waals surface area contributed by atoms with Gasteiger partial charge in [0.25, 0.3) is 0 Å². The van der Waals surface area contributed by atoms with Crippen LogP contribution >= 0.6 is 0 Å². The summed E-state index contributed by atoms with van der Waals surface area (Å²) in [6, 6.07) is 1.94. The Labute approximate surface area is 123 Å². The van der Waals surface area contributed by atoms with Crippen LogP contribution < -0.4 is 11.1 Å². The zero-order chi connectivity index (χ0) is 15.0. The second-order valence-corrected chi connectivity index (χ2v) is 5.83. The minimum atomic E-state index is 0.0284. The van der Waals surface area contributed by atoms with Crippen LogP contribution in [0.4, 0.5) is 5.69 Å². The molecule has 1 fully saturated rings. The topological polar surface area (TPSA) is 85.8 Å². The highest BCUT2D eigenvalue weighted by Gasteiger charge is 2.31. The third-order valence-corrected chi connectivity index (χ3v) is 4.43. The van der Waals surface area contributed by atoms with Crippen molar-refractivity contribution in [3.05, 3.63) is 18.0 Å². The highest BCUT2D eigenvalue weighted by Crippen LogP contribution is 2.32. The Morgan fingerprint density at radius 2 is 2.33 bits per heavy atom. The minimum absolute atomic E-state index is 0.0284. The van der Waals surface area contributed by atoms with Crippen LogP contribution in [0.15, 0.2) is 12.3 Å². The van der Waals surface area contributed by atoms with Crippen LogP contribution in [0.1, 0.15) is 25.0 Å². The molecule has 0 aliphatic heterocycles. The second kappa shape index (κ2) is 5.44. The Morgan fingerprint density at radius 3 is 3.10 bits per heavy atom. The van der Waals surface area contributed by atoms with Crippen LogP contribution in [-0.4, -0.2) is 27.2 Å². The minimum Gasteiger partial charge on any atom is -0.330 e. The van der Waals surface area contributed by atoms with E-state index < -0.39 is 0 Å². The Kier molecular flexibility index (Phi) is 3.63. The van der Waals surface area contributed by atoms with Gasteiger partial charge < -0.3 is 11.1 Å². The maximum atomic E-state index is 12.4. The smallest absolute Gasteiger partial charge is 0.227 e. The van der Waals surface area contributed by atoms with Gasteiger partial charge in [0.1, 0.15) is 0 Å². The summed E-state index contributed by atoms with van der Waals surface area (Å²) in [5.74, 6) is 0.396. The monoisotopic (exact) mass is 287 g/mol. The average Bonchev–Trinajstić information content (AvgIpc) is 3.04. The lowest BCUT2D eigenvalue weighted by atomic mass is 9.95. The number of aryl methyl sites for hydroxylation is 2. The van der Waals surface area contributed by atoms with Gasteiger partial charge in [-0.2, -0.15) is 5.10 Å². The Morgan fingerprint density at radius 1 is 1.52 bits per heavy atom. The van der Waals surface area contributed by atoms with Crippen molar-refractivity contribution in [1.82, 2.24) is 14.8 Å². The summed E-state index contributed by atoms with van der Waals surface area (Å²) in [6.45, 7) is 2.52. The molecule has 3 rings (SSSR count). The second-order valence-electron chi connectivity index (χ2n) is 5.83. The molecule has 2 unspecified atom stereocenters. The molecule has 2 aromatic heterocycles. The summed E-state index contributed by atoms with van der Waals surface area (Å²) in [5, 5.41) is 8.29. The number of anilines is 1. The first kappa shape index (κ1) is 14.0. The first-order valence-electron chi connectivity index (χ1n) is 7.40. The normalized spacial score (nSPS) is 21.9. The molecule has 2 atom stereocenters. The number of hydrogen-bond donors (Lipinski definition) is 2. The van der Waals surface area contributed by atoms with Gasteiger partial charge in [0.15, 0.2) is 5.65 Å².